The molecule has 0 spiro atoms. The SMILES string of the molecule is O=C1CCC(N2Cc3c(NCCCCCOc4cccc(-c5ccc(Cl)cc5)c4CN4CCN(c5ccc(C(=O)NS(=O)(=O)c6ccc(NCC7CCOCC7)c([N+](=O)[O-])c6)c(Oc6cnc7[nH]ccc7c6)c5)CC4)cccc3C2=O)C(=O)N1. The van der Waals surface area contributed by atoms with E-state index in [9.17, 15) is 37.7 Å². The number of nitrogens with one attached hydrogen (secondary N) is 5. The third-order valence-corrected chi connectivity index (χ3v) is 17.4. The number of halogens is 1. The molecule has 84 heavy (non-hydrogen) atoms. The largest absolute Gasteiger partial charge is 0.493 e. The number of anilines is 3. The maximum absolute atomic E-state index is 14.1. The highest BCUT2D eigenvalue weighted by Gasteiger charge is 2.40. The average Bonchev–Trinajstić information content (AvgIpc) is 3.40. The van der Waals surface area contributed by atoms with Crippen LogP contribution in [0.25, 0.3) is 22.2 Å². The van der Waals surface area contributed by atoms with E-state index in [-0.39, 0.29) is 41.2 Å². The molecule has 1 atom stereocenters. The van der Waals surface area contributed by atoms with Gasteiger partial charge in [-0.2, -0.15) is 0 Å². The molecular formula is C61H63ClN10O11S. The zero-order valence-electron chi connectivity index (χ0n) is 45.9. The molecular weight excluding hydrogens is 1120 g/mol. The summed E-state index contributed by atoms with van der Waals surface area (Å²) >= 11 is 6.34. The lowest BCUT2D eigenvalue weighted by molar-refractivity contribution is -0.384. The molecule has 3 fully saturated rings. The predicted octanol–water partition coefficient (Wildman–Crippen LogP) is 9.29. The lowest BCUT2D eigenvalue weighted by atomic mass is 9.98. The number of unbranched alkanes of at least 4 members (excludes halogenated alkanes) is 2. The van der Waals surface area contributed by atoms with Gasteiger partial charge in [-0.3, -0.25) is 39.5 Å². The number of piperazine rings is 1. The average molecular weight is 1180 g/mol. The molecule has 7 aromatic rings. The molecule has 4 aliphatic heterocycles. The van der Waals surface area contributed by atoms with E-state index in [2.05, 4.69) is 46.5 Å². The Morgan fingerprint density at radius 1 is 0.845 bits per heavy atom. The van der Waals surface area contributed by atoms with E-state index in [1.54, 1.807) is 35.4 Å². The quantitative estimate of drug-likeness (QED) is 0.0183. The molecule has 0 radical (unpaired) electrons. The Morgan fingerprint density at radius 2 is 1.64 bits per heavy atom. The maximum atomic E-state index is 14.1. The fourth-order valence-electron chi connectivity index (χ4n) is 11.2. The first-order valence-electron chi connectivity index (χ1n) is 28.2. The number of amides is 4. The minimum Gasteiger partial charge on any atom is -0.493 e. The first kappa shape index (κ1) is 57.3. The highest BCUT2D eigenvalue weighted by Crippen LogP contribution is 2.37. The van der Waals surface area contributed by atoms with Crippen molar-refractivity contribution in [1.82, 2.24) is 29.8 Å². The molecule has 6 heterocycles. The van der Waals surface area contributed by atoms with Crippen LogP contribution in [-0.2, 0) is 37.4 Å². The second-order valence-corrected chi connectivity index (χ2v) is 23.4. The Morgan fingerprint density at radius 3 is 2.44 bits per heavy atom. The van der Waals surface area contributed by atoms with E-state index in [0.717, 1.165) is 82.9 Å². The summed E-state index contributed by atoms with van der Waals surface area (Å²) in [5, 5.41) is 22.6. The van der Waals surface area contributed by atoms with Crippen LogP contribution in [0.15, 0.2) is 126 Å². The zero-order valence-corrected chi connectivity index (χ0v) is 47.5. The third-order valence-electron chi connectivity index (χ3n) is 15.8. The summed E-state index contributed by atoms with van der Waals surface area (Å²) in [6.45, 7) is 6.25. The van der Waals surface area contributed by atoms with Crippen molar-refractivity contribution in [3.05, 3.63) is 159 Å². The number of carbonyl (C=O) groups excluding carboxylic acids is 4. The molecule has 4 amide bonds. The van der Waals surface area contributed by atoms with Crippen LogP contribution in [0.5, 0.6) is 17.2 Å². The van der Waals surface area contributed by atoms with E-state index in [1.807, 2.05) is 54.6 Å². The number of imide groups is 1. The number of nitro groups is 1. The van der Waals surface area contributed by atoms with Crippen LogP contribution in [0, 0.1) is 16.0 Å². The van der Waals surface area contributed by atoms with Crippen molar-refractivity contribution in [2.24, 2.45) is 5.92 Å². The molecule has 2 aromatic heterocycles. The van der Waals surface area contributed by atoms with E-state index in [4.69, 9.17) is 25.8 Å². The molecule has 5 N–H and O–H groups in total. The summed E-state index contributed by atoms with van der Waals surface area (Å²) in [6, 6.07) is 30.8. The molecule has 436 valence electrons. The van der Waals surface area contributed by atoms with Gasteiger partial charge >= 0.3 is 0 Å². The Labute approximate surface area is 490 Å². The van der Waals surface area contributed by atoms with Gasteiger partial charge < -0.3 is 39.6 Å². The minimum atomic E-state index is -4.62. The van der Waals surface area contributed by atoms with Crippen molar-refractivity contribution < 1.29 is 46.7 Å². The fraction of sp³-hybridized carbons (Fsp3) is 0.328. The lowest BCUT2D eigenvalue weighted by Gasteiger charge is -2.37. The Hall–Kier alpha value is -8.57. The number of benzene rings is 5. The summed E-state index contributed by atoms with van der Waals surface area (Å²) < 4.78 is 48.2. The molecule has 0 bridgehead atoms. The number of piperidine rings is 1. The number of sulfonamides is 1. The standard InChI is InChI=1S/C61H63ClN10O11S/c62-42-12-10-40(11-13-42)46-6-5-9-55(82-29-3-1-2-23-63-51-8-4-7-47-49(51)38-71(61(47)76)53-18-19-57(73)67-60(53)75)50(46)37-69-25-27-70(28-26-69)43-14-16-48(56(33-43)83-44-32-41-20-24-64-58(41)66-36-44)59(74)68-84(79,80)45-15-17-52(54(34-45)72(77)78)65-35-39-21-30-81-31-22-39/h4-17,20,24,32-34,36,39,53,63,65H,1-3,18-19,21-23,25-31,35,37-38H2,(H,64,66)(H,68,74)(H,67,73,75). The van der Waals surface area contributed by atoms with Crippen LogP contribution >= 0.6 is 11.6 Å². The Bertz CT molecular complexity index is 3740. The Kier molecular flexibility index (Phi) is 17.4. The molecule has 5 aromatic carbocycles. The van der Waals surface area contributed by atoms with Gasteiger partial charge in [0.05, 0.1) is 28.2 Å². The smallest absolute Gasteiger partial charge is 0.293 e. The number of hydrogen-bond acceptors (Lipinski definition) is 16. The Balaban J connectivity index is 0.739. The first-order valence-corrected chi connectivity index (χ1v) is 30.0. The number of ether oxygens (including phenoxy) is 3. The second-order valence-electron chi connectivity index (χ2n) is 21.3. The van der Waals surface area contributed by atoms with Gasteiger partial charge in [0.15, 0.2) is 0 Å². The number of H-pyrrole nitrogens is 1. The van der Waals surface area contributed by atoms with Gasteiger partial charge in [-0.05, 0) is 122 Å². The molecule has 0 saturated carbocycles. The van der Waals surface area contributed by atoms with Crippen LogP contribution in [0.2, 0.25) is 5.02 Å². The van der Waals surface area contributed by atoms with Gasteiger partial charge in [0, 0.05) is 129 Å². The van der Waals surface area contributed by atoms with Crippen LogP contribution in [-0.4, -0.2) is 122 Å². The van der Waals surface area contributed by atoms with Crippen molar-refractivity contribution in [3.63, 3.8) is 0 Å². The predicted molar refractivity (Wildman–Crippen MR) is 317 cm³/mol. The van der Waals surface area contributed by atoms with E-state index < -0.39 is 43.4 Å². The molecule has 23 heteroatoms. The number of nitro benzene ring substituents is 1. The molecule has 1 unspecified atom stereocenters. The molecule has 0 aliphatic carbocycles. The van der Waals surface area contributed by atoms with Gasteiger partial charge in [-0.15, -0.1) is 0 Å². The second kappa shape index (κ2) is 25.5. The summed E-state index contributed by atoms with van der Waals surface area (Å²) in [6.07, 6.45) is 7.88. The highest BCUT2D eigenvalue weighted by molar-refractivity contribution is 7.90. The van der Waals surface area contributed by atoms with Crippen molar-refractivity contribution in [1.29, 1.82) is 0 Å². The van der Waals surface area contributed by atoms with E-state index in [1.165, 1.54) is 24.4 Å². The topological polar surface area (TPSA) is 260 Å². The van der Waals surface area contributed by atoms with Gasteiger partial charge in [0.2, 0.25) is 11.8 Å². The van der Waals surface area contributed by atoms with Crippen LogP contribution in [0.3, 0.4) is 0 Å². The molecule has 11 rings (SSSR count). The van der Waals surface area contributed by atoms with Crippen molar-refractivity contribution in [2.45, 2.75) is 69.0 Å². The van der Waals surface area contributed by atoms with Gasteiger partial charge in [-0.25, -0.2) is 18.1 Å². The van der Waals surface area contributed by atoms with Gasteiger partial charge in [0.1, 0.15) is 34.6 Å². The zero-order chi connectivity index (χ0) is 58.3. The summed E-state index contributed by atoms with van der Waals surface area (Å²) in [4.78, 5) is 76.5. The number of aromatic amines is 1. The normalized spacial score (nSPS) is 16.8. The van der Waals surface area contributed by atoms with Crippen LogP contribution < -0.4 is 35.0 Å². The van der Waals surface area contributed by atoms with Gasteiger partial charge in [0.25, 0.3) is 27.5 Å². The number of nitrogens with zero attached hydrogens (tertiary/aromatic N) is 5. The summed E-state index contributed by atoms with van der Waals surface area (Å²) in [7, 11) is -4.62. The summed E-state index contributed by atoms with van der Waals surface area (Å²) in [5.41, 5.74) is 6.35. The number of pyridine rings is 1. The fourth-order valence-corrected chi connectivity index (χ4v) is 12.3. The highest BCUT2D eigenvalue weighted by atomic mass is 35.5. The molecule has 4 aliphatic rings. The summed E-state index contributed by atoms with van der Waals surface area (Å²) in [5.74, 6) is -0.546. The molecule has 3 saturated heterocycles. The van der Waals surface area contributed by atoms with Gasteiger partial charge in [-0.1, -0.05) is 41.9 Å². The number of fused-ring (bicyclic) bond motifs is 2. The number of rotatable bonds is 22. The monoisotopic (exact) mass is 1180 g/mol. The maximum Gasteiger partial charge on any atom is 0.293 e. The lowest BCUT2D eigenvalue weighted by Crippen LogP contribution is -2.52. The van der Waals surface area contributed by atoms with E-state index >= 15 is 0 Å². The van der Waals surface area contributed by atoms with Crippen molar-refractivity contribution in [2.75, 3.05) is 74.6 Å². The van der Waals surface area contributed by atoms with Crippen LogP contribution in [0.1, 0.15) is 76.8 Å². The first-order chi connectivity index (χ1) is 40.7. The number of carbonyl (C=O) groups is 4. The molecule has 21 nitrogen and oxygen atoms in total. The third kappa shape index (κ3) is 13.1. The van der Waals surface area contributed by atoms with Crippen molar-refractivity contribution >= 4 is 79.0 Å². The number of aromatic nitrogens is 2. The minimum absolute atomic E-state index is 0.0741. The number of hydrogen-bond donors (Lipinski definition) is 5. The van der Waals surface area contributed by atoms with Crippen molar-refractivity contribution in [3.8, 4) is 28.4 Å². The van der Waals surface area contributed by atoms with Crippen LogP contribution in [0.4, 0.5) is 22.7 Å². The van der Waals surface area contributed by atoms with E-state index in [0.29, 0.717) is 101 Å².